The van der Waals surface area contributed by atoms with Gasteiger partial charge in [0, 0.05) is 6.54 Å². The number of likely N-dealkylation sites (tertiary alicyclic amines) is 1. The quantitative estimate of drug-likeness (QED) is 0.838. The Labute approximate surface area is 135 Å². The van der Waals surface area contributed by atoms with Crippen molar-refractivity contribution >= 4 is 11.9 Å². The first-order valence-corrected chi connectivity index (χ1v) is 7.91. The van der Waals surface area contributed by atoms with Gasteiger partial charge in [-0.2, -0.15) is 0 Å². The molecule has 1 aromatic carbocycles. The number of rotatable bonds is 6. The second-order valence-electron chi connectivity index (χ2n) is 6.18. The molecule has 2 rings (SSSR count). The van der Waals surface area contributed by atoms with E-state index in [1.165, 1.54) is 12.1 Å². The zero-order valence-corrected chi connectivity index (χ0v) is 13.3. The van der Waals surface area contributed by atoms with E-state index in [9.17, 15) is 19.1 Å². The zero-order valence-electron chi connectivity index (χ0n) is 13.3. The van der Waals surface area contributed by atoms with Gasteiger partial charge in [0.1, 0.15) is 11.4 Å². The number of amides is 1. The molecule has 1 aromatic rings. The largest absolute Gasteiger partial charge is 0.480 e. The minimum Gasteiger partial charge on any atom is -0.480 e. The number of carbonyl (C=O) groups is 2. The summed E-state index contributed by atoms with van der Waals surface area (Å²) in [7, 11) is 0. The van der Waals surface area contributed by atoms with Crippen LogP contribution >= 0.6 is 0 Å². The van der Waals surface area contributed by atoms with E-state index in [1.807, 2.05) is 0 Å². The lowest BCUT2D eigenvalue weighted by Gasteiger charge is -2.41. The van der Waals surface area contributed by atoms with Crippen LogP contribution in [0.15, 0.2) is 24.3 Å². The molecule has 0 aromatic heterocycles. The molecule has 0 saturated carbocycles. The van der Waals surface area contributed by atoms with Gasteiger partial charge in [-0.1, -0.05) is 12.1 Å². The van der Waals surface area contributed by atoms with Crippen molar-refractivity contribution < 1.29 is 19.1 Å². The van der Waals surface area contributed by atoms with E-state index < -0.39 is 11.5 Å². The second-order valence-corrected chi connectivity index (χ2v) is 6.18. The number of carboxylic acids is 1. The molecule has 1 aliphatic rings. The highest BCUT2D eigenvalue weighted by Crippen LogP contribution is 2.27. The summed E-state index contributed by atoms with van der Waals surface area (Å²) in [5.74, 6) is -1.34. The summed E-state index contributed by atoms with van der Waals surface area (Å²) < 4.78 is 12.8. The Morgan fingerprint density at radius 2 is 2.00 bits per heavy atom. The summed E-state index contributed by atoms with van der Waals surface area (Å²) in [6.07, 6.45) is 2.95. The first-order chi connectivity index (χ1) is 10.9. The van der Waals surface area contributed by atoms with Crippen LogP contribution in [-0.4, -0.2) is 47.1 Å². The van der Waals surface area contributed by atoms with E-state index in [-0.39, 0.29) is 18.3 Å². The Balaban J connectivity index is 1.81. The van der Waals surface area contributed by atoms with Gasteiger partial charge in [0.25, 0.3) is 0 Å². The average molecular weight is 322 g/mol. The summed E-state index contributed by atoms with van der Waals surface area (Å²) >= 11 is 0. The van der Waals surface area contributed by atoms with E-state index >= 15 is 0 Å². The molecule has 1 aliphatic heterocycles. The Kier molecular flexibility index (Phi) is 5.71. The van der Waals surface area contributed by atoms with Crippen LogP contribution in [0.3, 0.4) is 0 Å². The second kappa shape index (κ2) is 7.55. The van der Waals surface area contributed by atoms with Gasteiger partial charge in [0.2, 0.25) is 5.91 Å². The Hall–Kier alpha value is -1.95. The van der Waals surface area contributed by atoms with Gasteiger partial charge in [-0.05, 0) is 56.8 Å². The summed E-state index contributed by atoms with van der Waals surface area (Å²) in [6, 6.07) is 6.16. The molecule has 0 radical (unpaired) electrons. The molecule has 6 heteroatoms. The lowest BCUT2D eigenvalue weighted by molar-refractivity contribution is -0.153. The molecular formula is C17H23FN2O3. The van der Waals surface area contributed by atoms with Crippen LogP contribution in [0.25, 0.3) is 0 Å². The first kappa shape index (κ1) is 17.4. The van der Waals surface area contributed by atoms with Gasteiger partial charge < -0.3 is 10.4 Å². The molecule has 23 heavy (non-hydrogen) atoms. The molecule has 126 valence electrons. The van der Waals surface area contributed by atoms with Crippen molar-refractivity contribution in [2.24, 2.45) is 0 Å². The number of piperidine rings is 1. The minimum absolute atomic E-state index is 0.0895. The summed E-state index contributed by atoms with van der Waals surface area (Å²) in [5.41, 5.74) is -0.0212. The molecule has 5 nitrogen and oxygen atoms in total. The van der Waals surface area contributed by atoms with Crippen molar-refractivity contribution in [2.45, 2.75) is 38.1 Å². The third-order valence-corrected chi connectivity index (χ3v) is 4.48. The van der Waals surface area contributed by atoms with E-state index in [1.54, 1.807) is 24.0 Å². The fourth-order valence-corrected chi connectivity index (χ4v) is 2.90. The molecule has 0 unspecified atom stereocenters. The van der Waals surface area contributed by atoms with Crippen LogP contribution in [-0.2, 0) is 16.0 Å². The van der Waals surface area contributed by atoms with E-state index in [2.05, 4.69) is 5.32 Å². The number of halogens is 1. The molecule has 1 fully saturated rings. The molecule has 0 aliphatic carbocycles. The lowest BCUT2D eigenvalue weighted by Crippen LogP contribution is -2.57. The average Bonchev–Trinajstić information content (AvgIpc) is 2.51. The molecule has 1 atom stereocenters. The number of hydrogen-bond acceptors (Lipinski definition) is 3. The fraction of sp³-hybridized carbons (Fsp3) is 0.529. The van der Waals surface area contributed by atoms with Gasteiger partial charge in [0.15, 0.2) is 0 Å². The van der Waals surface area contributed by atoms with E-state index in [0.717, 1.165) is 18.4 Å². The maximum atomic E-state index is 12.8. The molecule has 0 spiro atoms. The molecule has 1 heterocycles. The third kappa shape index (κ3) is 4.51. The SMILES string of the molecule is C[C@]1(C(=O)O)CCCCN1CC(=O)NCCc1ccc(F)cc1. The van der Waals surface area contributed by atoms with Gasteiger partial charge in [-0.3, -0.25) is 14.5 Å². The number of benzene rings is 1. The number of hydrogen-bond donors (Lipinski definition) is 2. The highest BCUT2D eigenvalue weighted by Gasteiger charge is 2.41. The monoisotopic (exact) mass is 322 g/mol. The standard InChI is InChI=1S/C17H23FN2O3/c1-17(16(22)23)9-2-3-11-20(17)12-15(21)19-10-8-13-4-6-14(18)7-5-13/h4-7H,2-3,8-12H2,1H3,(H,19,21)(H,22,23)/t17-/m1/s1. The van der Waals surface area contributed by atoms with Crippen LogP contribution < -0.4 is 5.32 Å². The smallest absolute Gasteiger partial charge is 0.323 e. The fourth-order valence-electron chi connectivity index (χ4n) is 2.90. The van der Waals surface area contributed by atoms with Crippen molar-refractivity contribution in [1.29, 1.82) is 0 Å². The third-order valence-electron chi connectivity index (χ3n) is 4.48. The maximum absolute atomic E-state index is 12.8. The Morgan fingerprint density at radius 3 is 2.65 bits per heavy atom. The van der Waals surface area contributed by atoms with Crippen molar-refractivity contribution in [3.8, 4) is 0 Å². The summed E-state index contributed by atoms with van der Waals surface area (Å²) in [5, 5.41) is 12.2. The van der Waals surface area contributed by atoms with Crippen LogP contribution in [0.2, 0.25) is 0 Å². The van der Waals surface area contributed by atoms with Crippen molar-refractivity contribution in [1.82, 2.24) is 10.2 Å². The number of aliphatic carboxylic acids is 1. The van der Waals surface area contributed by atoms with Crippen LogP contribution in [0.4, 0.5) is 4.39 Å². The number of carbonyl (C=O) groups excluding carboxylic acids is 1. The van der Waals surface area contributed by atoms with Crippen molar-refractivity contribution in [3.63, 3.8) is 0 Å². The maximum Gasteiger partial charge on any atom is 0.323 e. The molecule has 2 N–H and O–H groups in total. The zero-order chi connectivity index (χ0) is 16.9. The highest BCUT2D eigenvalue weighted by atomic mass is 19.1. The van der Waals surface area contributed by atoms with Crippen LogP contribution in [0, 0.1) is 5.82 Å². The molecule has 1 saturated heterocycles. The highest BCUT2D eigenvalue weighted by molar-refractivity contribution is 5.82. The Bertz CT molecular complexity index is 561. The van der Waals surface area contributed by atoms with Gasteiger partial charge in [-0.25, -0.2) is 4.39 Å². The minimum atomic E-state index is -0.966. The topological polar surface area (TPSA) is 69.6 Å². The van der Waals surface area contributed by atoms with Crippen LogP contribution in [0.5, 0.6) is 0 Å². The predicted octanol–water partition coefficient (Wildman–Crippen LogP) is 1.81. The van der Waals surface area contributed by atoms with Crippen molar-refractivity contribution in [3.05, 3.63) is 35.6 Å². The number of nitrogens with zero attached hydrogens (tertiary/aromatic N) is 1. The Morgan fingerprint density at radius 1 is 1.30 bits per heavy atom. The van der Waals surface area contributed by atoms with Crippen LogP contribution in [0.1, 0.15) is 31.7 Å². The summed E-state index contributed by atoms with van der Waals surface area (Å²) in [6.45, 7) is 2.84. The van der Waals surface area contributed by atoms with Crippen molar-refractivity contribution in [2.75, 3.05) is 19.6 Å². The molecule has 1 amide bonds. The van der Waals surface area contributed by atoms with Gasteiger partial charge >= 0.3 is 5.97 Å². The van der Waals surface area contributed by atoms with Gasteiger partial charge in [0.05, 0.1) is 6.54 Å². The summed E-state index contributed by atoms with van der Waals surface area (Å²) in [4.78, 5) is 25.3. The normalized spacial score (nSPS) is 21.8. The van der Waals surface area contributed by atoms with Gasteiger partial charge in [-0.15, -0.1) is 0 Å². The molecular weight excluding hydrogens is 299 g/mol. The predicted molar refractivity (Wildman–Crippen MR) is 84.6 cm³/mol. The van der Waals surface area contributed by atoms with E-state index in [4.69, 9.17) is 0 Å². The molecule has 0 bridgehead atoms. The first-order valence-electron chi connectivity index (χ1n) is 7.91. The number of nitrogens with one attached hydrogen (secondary N) is 1. The lowest BCUT2D eigenvalue weighted by atomic mass is 9.88. The number of carboxylic acid groups (broad SMARTS) is 1. The van der Waals surface area contributed by atoms with E-state index in [0.29, 0.717) is 25.9 Å².